The van der Waals surface area contributed by atoms with Crippen LogP contribution in [0, 0.1) is 0 Å². The SMILES string of the molecule is COc1n[nH]c2cc3c(cc12)CN(C(C)c1ccccc1)C(=O)N3. The Kier molecular flexibility index (Phi) is 3.37. The smallest absolute Gasteiger partial charge is 0.322 e. The van der Waals surface area contributed by atoms with E-state index in [0.29, 0.717) is 12.4 Å². The first kappa shape index (κ1) is 14.6. The van der Waals surface area contributed by atoms with Gasteiger partial charge in [0, 0.05) is 5.69 Å². The van der Waals surface area contributed by atoms with E-state index in [1.807, 2.05) is 54.3 Å². The number of aromatic nitrogens is 2. The second kappa shape index (κ2) is 5.56. The largest absolute Gasteiger partial charge is 0.480 e. The van der Waals surface area contributed by atoms with Crippen LogP contribution in [0.3, 0.4) is 0 Å². The molecular weight excluding hydrogens is 304 g/mol. The standard InChI is InChI=1S/C18H18N4O2/c1-11(12-6-4-3-5-7-12)22-10-13-8-14-16(20-21-17(14)24-2)9-15(13)19-18(22)23/h3-9,11H,10H2,1-2H3,(H,19,23)(H,20,21). The number of carbonyl (C=O) groups excluding carboxylic acids is 1. The van der Waals surface area contributed by atoms with E-state index in [4.69, 9.17) is 4.74 Å². The summed E-state index contributed by atoms with van der Waals surface area (Å²) in [6, 6.07) is 13.9. The summed E-state index contributed by atoms with van der Waals surface area (Å²) in [7, 11) is 1.60. The number of ether oxygens (including phenoxy) is 1. The average molecular weight is 322 g/mol. The summed E-state index contributed by atoms with van der Waals surface area (Å²) in [6.45, 7) is 2.58. The number of methoxy groups -OCH3 is 1. The Morgan fingerprint density at radius 3 is 2.79 bits per heavy atom. The van der Waals surface area contributed by atoms with Crippen molar-refractivity contribution < 1.29 is 9.53 Å². The van der Waals surface area contributed by atoms with Gasteiger partial charge >= 0.3 is 6.03 Å². The Morgan fingerprint density at radius 1 is 1.25 bits per heavy atom. The first-order valence-corrected chi connectivity index (χ1v) is 7.85. The molecule has 6 heteroatoms. The van der Waals surface area contributed by atoms with Crippen molar-refractivity contribution in [1.82, 2.24) is 15.1 Å². The maximum atomic E-state index is 12.5. The van der Waals surface area contributed by atoms with Crippen LogP contribution in [0.15, 0.2) is 42.5 Å². The maximum absolute atomic E-state index is 12.5. The van der Waals surface area contributed by atoms with E-state index in [9.17, 15) is 4.79 Å². The molecule has 3 aromatic rings. The molecule has 6 nitrogen and oxygen atoms in total. The van der Waals surface area contributed by atoms with Gasteiger partial charge in [0.05, 0.1) is 30.6 Å². The molecule has 2 N–H and O–H groups in total. The number of fused-ring (bicyclic) bond motifs is 2. The Hall–Kier alpha value is -3.02. The van der Waals surface area contributed by atoms with Crippen LogP contribution in [0.25, 0.3) is 10.9 Å². The van der Waals surface area contributed by atoms with Gasteiger partial charge < -0.3 is 15.0 Å². The number of hydrogen-bond donors (Lipinski definition) is 2. The van der Waals surface area contributed by atoms with Gasteiger partial charge in [-0.2, -0.15) is 0 Å². The van der Waals surface area contributed by atoms with Crippen molar-refractivity contribution in [2.75, 3.05) is 12.4 Å². The van der Waals surface area contributed by atoms with Gasteiger partial charge in [0.25, 0.3) is 0 Å². The highest BCUT2D eigenvalue weighted by Gasteiger charge is 2.28. The van der Waals surface area contributed by atoms with Gasteiger partial charge in [-0.15, -0.1) is 5.10 Å². The number of anilines is 1. The summed E-state index contributed by atoms with van der Waals surface area (Å²) < 4.78 is 5.28. The zero-order valence-corrected chi connectivity index (χ0v) is 13.5. The Bertz CT molecular complexity index is 904. The lowest BCUT2D eigenvalue weighted by Crippen LogP contribution is -2.40. The molecular formula is C18H18N4O2. The Balaban J connectivity index is 1.71. The number of hydrogen-bond acceptors (Lipinski definition) is 3. The topological polar surface area (TPSA) is 70.2 Å². The molecule has 1 unspecified atom stereocenters. The average Bonchev–Trinajstić information content (AvgIpc) is 3.01. The number of urea groups is 1. The second-order valence-electron chi connectivity index (χ2n) is 5.93. The molecule has 1 aromatic heterocycles. The molecule has 2 amide bonds. The summed E-state index contributed by atoms with van der Waals surface area (Å²) in [6.07, 6.45) is 0. The number of amides is 2. The van der Waals surface area contributed by atoms with Gasteiger partial charge in [0.1, 0.15) is 0 Å². The highest BCUT2D eigenvalue weighted by Crippen LogP contribution is 2.34. The molecule has 24 heavy (non-hydrogen) atoms. The third-order valence-corrected chi connectivity index (χ3v) is 4.54. The summed E-state index contributed by atoms with van der Waals surface area (Å²) >= 11 is 0. The van der Waals surface area contributed by atoms with Crippen LogP contribution >= 0.6 is 0 Å². The maximum Gasteiger partial charge on any atom is 0.322 e. The van der Waals surface area contributed by atoms with Crippen LogP contribution in [0.5, 0.6) is 5.88 Å². The predicted molar refractivity (Wildman–Crippen MR) is 92.1 cm³/mol. The first-order valence-electron chi connectivity index (χ1n) is 7.85. The molecule has 1 aliphatic rings. The second-order valence-corrected chi connectivity index (χ2v) is 5.93. The van der Waals surface area contributed by atoms with Gasteiger partial charge in [-0.3, -0.25) is 5.10 Å². The van der Waals surface area contributed by atoms with E-state index in [1.54, 1.807) is 7.11 Å². The molecule has 0 aliphatic carbocycles. The molecule has 0 bridgehead atoms. The molecule has 0 saturated carbocycles. The fourth-order valence-corrected chi connectivity index (χ4v) is 3.15. The zero-order valence-electron chi connectivity index (χ0n) is 13.5. The minimum atomic E-state index is -0.0929. The molecule has 2 aromatic carbocycles. The number of nitrogens with one attached hydrogen (secondary N) is 2. The minimum Gasteiger partial charge on any atom is -0.480 e. The van der Waals surface area contributed by atoms with E-state index in [0.717, 1.165) is 27.7 Å². The number of carbonyl (C=O) groups is 1. The number of nitrogens with zero attached hydrogens (tertiary/aromatic N) is 2. The number of benzene rings is 2. The molecule has 1 atom stereocenters. The quantitative estimate of drug-likeness (QED) is 0.773. The lowest BCUT2D eigenvalue weighted by Gasteiger charge is -2.34. The molecule has 0 radical (unpaired) electrons. The van der Waals surface area contributed by atoms with Crippen molar-refractivity contribution in [3.63, 3.8) is 0 Å². The fourth-order valence-electron chi connectivity index (χ4n) is 3.15. The van der Waals surface area contributed by atoms with Crippen molar-refractivity contribution in [2.24, 2.45) is 0 Å². The van der Waals surface area contributed by atoms with Crippen LogP contribution in [0.2, 0.25) is 0 Å². The Labute approximate surface area is 139 Å². The molecule has 0 spiro atoms. The van der Waals surface area contributed by atoms with Gasteiger partial charge in [-0.1, -0.05) is 30.3 Å². The first-order chi connectivity index (χ1) is 11.7. The normalized spacial score (nSPS) is 15.1. The lowest BCUT2D eigenvalue weighted by molar-refractivity contribution is 0.186. The van der Waals surface area contributed by atoms with Crippen LogP contribution < -0.4 is 10.1 Å². The minimum absolute atomic E-state index is 0.0127. The highest BCUT2D eigenvalue weighted by molar-refractivity contribution is 5.97. The van der Waals surface area contributed by atoms with Crippen molar-refractivity contribution in [2.45, 2.75) is 19.5 Å². The third kappa shape index (κ3) is 2.27. The molecule has 0 fully saturated rings. The summed E-state index contributed by atoms with van der Waals surface area (Å²) in [4.78, 5) is 14.4. The summed E-state index contributed by atoms with van der Waals surface area (Å²) in [5.74, 6) is 0.562. The van der Waals surface area contributed by atoms with E-state index in [1.165, 1.54) is 0 Å². The van der Waals surface area contributed by atoms with Gasteiger partial charge in [-0.25, -0.2) is 4.79 Å². The predicted octanol–water partition coefficient (Wildman–Crippen LogP) is 3.68. The van der Waals surface area contributed by atoms with Crippen molar-refractivity contribution in [3.05, 3.63) is 53.6 Å². The van der Waals surface area contributed by atoms with Gasteiger partial charge in [0.15, 0.2) is 0 Å². The van der Waals surface area contributed by atoms with E-state index in [2.05, 4.69) is 15.5 Å². The van der Waals surface area contributed by atoms with Crippen molar-refractivity contribution in [1.29, 1.82) is 0 Å². The summed E-state index contributed by atoms with van der Waals surface area (Å²) in [5.41, 5.74) is 3.81. The number of H-pyrrole nitrogens is 1. The van der Waals surface area contributed by atoms with E-state index in [-0.39, 0.29) is 12.1 Å². The molecule has 2 heterocycles. The van der Waals surface area contributed by atoms with Gasteiger partial charge in [0.2, 0.25) is 5.88 Å². The third-order valence-electron chi connectivity index (χ3n) is 4.54. The molecule has 0 saturated heterocycles. The van der Waals surface area contributed by atoms with E-state index < -0.39 is 0 Å². The van der Waals surface area contributed by atoms with Crippen LogP contribution in [-0.2, 0) is 6.54 Å². The molecule has 1 aliphatic heterocycles. The molecule has 122 valence electrons. The van der Waals surface area contributed by atoms with Crippen LogP contribution in [0.4, 0.5) is 10.5 Å². The van der Waals surface area contributed by atoms with Crippen LogP contribution in [0.1, 0.15) is 24.1 Å². The van der Waals surface area contributed by atoms with Crippen LogP contribution in [-0.4, -0.2) is 28.2 Å². The van der Waals surface area contributed by atoms with Crippen molar-refractivity contribution in [3.8, 4) is 5.88 Å². The van der Waals surface area contributed by atoms with Gasteiger partial charge in [-0.05, 0) is 30.2 Å². The number of rotatable bonds is 3. The molecule has 4 rings (SSSR count). The zero-order chi connectivity index (χ0) is 16.7. The van der Waals surface area contributed by atoms with E-state index >= 15 is 0 Å². The fraction of sp³-hybridized carbons (Fsp3) is 0.222. The lowest BCUT2D eigenvalue weighted by atomic mass is 10.0. The summed E-state index contributed by atoms with van der Waals surface area (Å²) in [5, 5.41) is 11.0. The Morgan fingerprint density at radius 2 is 2.04 bits per heavy atom. The monoisotopic (exact) mass is 322 g/mol. The highest BCUT2D eigenvalue weighted by atomic mass is 16.5. The van der Waals surface area contributed by atoms with Crippen molar-refractivity contribution >= 4 is 22.6 Å². The number of aromatic amines is 1.